The van der Waals surface area contributed by atoms with Gasteiger partial charge in [0, 0.05) is 40.9 Å². The van der Waals surface area contributed by atoms with Gasteiger partial charge in [0.25, 0.3) is 0 Å². The Morgan fingerprint density at radius 1 is 0.762 bits per heavy atom. The van der Waals surface area contributed by atoms with E-state index in [-0.39, 0.29) is 69.3 Å². The molecule has 2 N–H and O–H groups in total. The molecule has 0 saturated carbocycles. The fourth-order valence-electron chi connectivity index (χ4n) is 3.93. The molecule has 2 heterocycles. The molecule has 13 nitrogen and oxygen atoms in total. The van der Waals surface area contributed by atoms with Crippen molar-refractivity contribution in [2.24, 2.45) is 9.98 Å². The summed E-state index contributed by atoms with van der Waals surface area (Å²) in [4.78, 5) is 40.7. The summed E-state index contributed by atoms with van der Waals surface area (Å²) in [5.74, 6) is -0.619. The Kier molecular flexibility index (Phi) is 11.5. The molecule has 5 rings (SSSR count). The fourth-order valence-corrected chi connectivity index (χ4v) is 3.93. The van der Waals surface area contributed by atoms with Crippen molar-refractivity contribution >= 4 is 45.7 Å². The number of hydrogen-bond donors (Lipinski definition) is 0. The Hall–Kier alpha value is -4.63. The van der Waals surface area contributed by atoms with Crippen LogP contribution >= 0.6 is 0 Å². The van der Waals surface area contributed by atoms with Crippen LogP contribution in [0.15, 0.2) is 89.1 Å². The Morgan fingerprint density at radius 2 is 1.31 bits per heavy atom. The van der Waals surface area contributed by atoms with Gasteiger partial charge >= 0.3 is 46.9 Å². The van der Waals surface area contributed by atoms with E-state index in [4.69, 9.17) is 24.2 Å². The van der Waals surface area contributed by atoms with E-state index >= 15 is 0 Å². The molecule has 42 heavy (non-hydrogen) atoms. The number of benzene rings is 3. The molecule has 5 aromatic rings. The molecule has 0 unspecified atom stereocenters. The van der Waals surface area contributed by atoms with Gasteiger partial charge in [0.1, 0.15) is 11.2 Å². The maximum atomic E-state index is 12.6. The third-order valence-corrected chi connectivity index (χ3v) is 5.76. The summed E-state index contributed by atoms with van der Waals surface area (Å²) in [5.41, 5.74) is 1.99. The zero-order chi connectivity index (χ0) is 29.0. The molecule has 2 aromatic heterocycles. The average Bonchev–Trinajstić information content (AvgIpc) is 2.87. The van der Waals surface area contributed by atoms with Gasteiger partial charge in [-0.25, -0.2) is 9.59 Å². The van der Waals surface area contributed by atoms with Crippen LogP contribution in [-0.2, 0) is 0 Å². The van der Waals surface area contributed by atoms with E-state index in [1.165, 1.54) is 42.8 Å². The smallest absolute Gasteiger partial charge is 0.872 e. The van der Waals surface area contributed by atoms with Crippen molar-refractivity contribution < 1.29 is 65.2 Å². The van der Waals surface area contributed by atoms with Crippen molar-refractivity contribution in [3.05, 3.63) is 119 Å². The molecule has 0 fully saturated rings. The van der Waals surface area contributed by atoms with Crippen LogP contribution in [0.1, 0.15) is 22.3 Å². The second kappa shape index (κ2) is 14.3. The van der Waals surface area contributed by atoms with Crippen LogP contribution in [0.3, 0.4) is 0 Å². The summed E-state index contributed by atoms with van der Waals surface area (Å²) in [6, 6.07) is 15.5. The molecule has 3 aromatic carbocycles. The molecule has 0 amide bonds. The number of aryl methyl sites for hydroxylation is 2. The number of rotatable bonds is 4. The zero-order valence-corrected chi connectivity index (χ0v) is 25.6. The Bertz CT molecular complexity index is 1940. The predicted octanol–water partition coefficient (Wildman–Crippen LogP) is 3.10. The number of fused-ring (bicyclic) bond motifs is 2. The summed E-state index contributed by atoms with van der Waals surface area (Å²) in [6.07, 6.45) is 2.71. The molecule has 0 saturated heterocycles. The second-order valence-corrected chi connectivity index (χ2v) is 8.47. The minimum absolute atomic E-state index is 0. The van der Waals surface area contributed by atoms with E-state index in [0.29, 0.717) is 38.9 Å². The van der Waals surface area contributed by atoms with E-state index in [1.807, 2.05) is 0 Å². The van der Waals surface area contributed by atoms with E-state index in [9.17, 15) is 19.8 Å². The Balaban J connectivity index is 0.000000967. The summed E-state index contributed by atoms with van der Waals surface area (Å²) in [5, 5.41) is 41.1. The minimum Gasteiger partial charge on any atom is -0.872 e. The van der Waals surface area contributed by atoms with Gasteiger partial charge in [-0.1, -0.05) is 41.8 Å². The Morgan fingerprint density at radius 3 is 1.93 bits per heavy atom. The molecule has 14 heteroatoms. The molecule has 0 aliphatic rings. The van der Waals surface area contributed by atoms with E-state index < -0.39 is 16.3 Å². The van der Waals surface area contributed by atoms with Gasteiger partial charge < -0.3 is 39.8 Å². The van der Waals surface area contributed by atoms with Gasteiger partial charge in [-0.05, 0) is 48.7 Å². The van der Waals surface area contributed by atoms with Gasteiger partial charge in [-0.2, -0.15) is 0 Å². The molecular weight excluding hydrogens is 677 g/mol. The standard InChI is InChI=1S/C28H20N2O6.La.NO3.H2O/c1-15-9-27(34)36-28-18(15)7-8-23(31)20(28)14-30-22-6-4-3-5-21(22)29-13-17-11-25-19(12-24(17)32)16(2)10-26(33)35-25;;2-1(3)4;/h3-14,31-32H,1-2H3;;;1H2/q;+3;-1;/p-2. The molecular formula is C28H20LaN3O10. The van der Waals surface area contributed by atoms with Crippen molar-refractivity contribution in [1.82, 2.24) is 0 Å². The summed E-state index contributed by atoms with van der Waals surface area (Å²) >= 11 is 0. The first-order valence-electron chi connectivity index (χ1n) is 11.5. The summed E-state index contributed by atoms with van der Waals surface area (Å²) < 4.78 is 10.5. The largest absolute Gasteiger partial charge is 3.00 e. The average molecular weight is 697 g/mol. The second-order valence-electron chi connectivity index (χ2n) is 8.47. The quantitative estimate of drug-likeness (QED) is 0.116. The molecule has 0 spiro atoms. The molecule has 210 valence electrons. The van der Waals surface area contributed by atoms with Crippen molar-refractivity contribution in [1.29, 1.82) is 0 Å². The third-order valence-electron chi connectivity index (χ3n) is 5.76. The van der Waals surface area contributed by atoms with E-state index in [0.717, 1.165) is 0 Å². The van der Waals surface area contributed by atoms with Crippen LogP contribution in [0.4, 0.5) is 11.4 Å². The molecule has 0 aliphatic carbocycles. The maximum absolute atomic E-state index is 12.6. The van der Waals surface area contributed by atoms with Crippen LogP contribution in [0.5, 0.6) is 11.5 Å². The number of para-hydroxylation sites is 2. The van der Waals surface area contributed by atoms with Crippen molar-refractivity contribution in [2.45, 2.75) is 13.8 Å². The first-order valence-corrected chi connectivity index (χ1v) is 11.5. The van der Waals surface area contributed by atoms with Gasteiger partial charge in [0.15, 0.2) is 0 Å². The van der Waals surface area contributed by atoms with E-state index in [2.05, 4.69) is 9.98 Å². The molecule has 0 aliphatic heterocycles. The number of hydrogen-bond acceptors (Lipinski definition) is 11. The van der Waals surface area contributed by atoms with Crippen molar-refractivity contribution in [3.63, 3.8) is 0 Å². The first kappa shape index (κ1) is 33.6. The van der Waals surface area contributed by atoms with Crippen LogP contribution in [-0.4, -0.2) is 23.0 Å². The van der Waals surface area contributed by atoms with E-state index in [1.54, 1.807) is 44.2 Å². The van der Waals surface area contributed by atoms with Crippen LogP contribution in [0, 0.1) is 64.8 Å². The molecule has 0 bridgehead atoms. The topological polar surface area (TPSA) is 229 Å². The number of aliphatic imine (C=N–C) groups is 2. The molecule has 0 atom stereocenters. The zero-order valence-electron chi connectivity index (χ0n) is 22.0. The summed E-state index contributed by atoms with van der Waals surface area (Å²) in [7, 11) is 0. The minimum atomic E-state index is -1.75. The van der Waals surface area contributed by atoms with Crippen molar-refractivity contribution in [2.75, 3.05) is 0 Å². The monoisotopic (exact) mass is 697 g/mol. The van der Waals surface area contributed by atoms with Crippen LogP contribution in [0.25, 0.3) is 21.9 Å². The van der Waals surface area contributed by atoms with Gasteiger partial charge in [0.2, 0.25) is 0 Å². The molecule has 0 radical (unpaired) electrons. The predicted molar refractivity (Wildman–Crippen MR) is 148 cm³/mol. The number of nitrogens with zero attached hydrogens (tertiary/aromatic N) is 3. The maximum Gasteiger partial charge on any atom is 3.00 e. The Labute approximate surface area is 264 Å². The first-order chi connectivity index (χ1) is 19.0. The normalized spacial score (nSPS) is 10.7. The van der Waals surface area contributed by atoms with Crippen molar-refractivity contribution in [3.8, 4) is 11.5 Å². The SMILES string of the molecule is Cc1cc(=O)oc2cc(C=Nc3ccccc3N=Cc3c([O-])ccc4c(C)cc(=O)oc34)c([O-])cc12.O.O=[N+]([O-])[O-].[La+3]. The summed E-state index contributed by atoms with van der Waals surface area (Å²) in [6.45, 7) is 3.49. The third kappa shape index (κ3) is 7.76. The fraction of sp³-hybridized carbons (Fsp3) is 0.0714. The van der Waals surface area contributed by atoms with Gasteiger partial charge in [-0.3, -0.25) is 9.98 Å². The van der Waals surface area contributed by atoms with Gasteiger partial charge in [-0.15, -0.1) is 0 Å². The van der Waals surface area contributed by atoms with Gasteiger partial charge in [0.05, 0.1) is 16.5 Å². The van der Waals surface area contributed by atoms with Crippen LogP contribution in [0.2, 0.25) is 0 Å². The van der Waals surface area contributed by atoms with Crippen LogP contribution < -0.4 is 21.5 Å².